The number of nitrogens with one attached hydrogen (secondary N) is 1. The average Bonchev–Trinajstić information content (AvgIpc) is 2.65. The Kier molecular flexibility index (Phi) is 4.53. The van der Waals surface area contributed by atoms with Crippen LogP contribution in [0.5, 0.6) is 0 Å². The molecule has 1 amide bonds. The van der Waals surface area contributed by atoms with Crippen LogP contribution in [0.15, 0.2) is 16.5 Å². The molecule has 16 heavy (non-hydrogen) atoms. The molecule has 0 aliphatic rings. The third kappa shape index (κ3) is 4.14. The highest BCUT2D eigenvalue weighted by atomic mass is 16.4. The summed E-state index contributed by atoms with van der Waals surface area (Å²) >= 11 is 0. The van der Waals surface area contributed by atoms with Crippen LogP contribution in [0.2, 0.25) is 0 Å². The summed E-state index contributed by atoms with van der Waals surface area (Å²) in [5.41, 5.74) is 4.97. The minimum absolute atomic E-state index is 0.0751. The van der Waals surface area contributed by atoms with Gasteiger partial charge < -0.3 is 20.6 Å². The SMILES string of the molecule is NC(=O)CCCNCc1ccc(C(=O)O)o1. The standard InChI is InChI=1S/C10H14N2O4/c11-9(13)2-1-5-12-6-7-3-4-8(16-7)10(14)15/h3-4,12H,1-2,5-6H2,(H2,11,13)(H,14,15). The predicted octanol–water partition coefficient (Wildman–Crippen LogP) is 0.333. The monoisotopic (exact) mass is 226 g/mol. The fourth-order valence-corrected chi connectivity index (χ4v) is 1.19. The molecule has 0 aliphatic carbocycles. The van der Waals surface area contributed by atoms with Gasteiger partial charge >= 0.3 is 5.97 Å². The number of carbonyl (C=O) groups is 2. The molecule has 4 N–H and O–H groups in total. The second-order valence-electron chi connectivity index (χ2n) is 3.32. The van der Waals surface area contributed by atoms with Gasteiger partial charge in [-0.1, -0.05) is 0 Å². The van der Waals surface area contributed by atoms with Crippen molar-refractivity contribution in [3.63, 3.8) is 0 Å². The number of rotatable bonds is 7. The molecule has 0 radical (unpaired) electrons. The number of hydrogen-bond donors (Lipinski definition) is 3. The maximum atomic E-state index is 10.5. The Balaban J connectivity index is 2.21. The lowest BCUT2D eigenvalue weighted by molar-refractivity contribution is -0.118. The van der Waals surface area contributed by atoms with Gasteiger partial charge in [-0.05, 0) is 25.1 Å². The summed E-state index contributed by atoms with van der Waals surface area (Å²) in [6.07, 6.45) is 0.993. The van der Waals surface area contributed by atoms with Crippen LogP contribution in [-0.2, 0) is 11.3 Å². The molecular weight excluding hydrogens is 212 g/mol. The minimum Gasteiger partial charge on any atom is -0.475 e. The number of carboxylic acid groups (broad SMARTS) is 1. The van der Waals surface area contributed by atoms with Gasteiger partial charge in [-0.3, -0.25) is 4.79 Å². The maximum absolute atomic E-state index is 10.5. The summed E-state index contributed by atoms with van der Waals surface area (Å²) in [5, 5.41) is 11.6. The predicted molar refractivity (Wildman–Crippen MR) is 55.8 cm³/mol. The summed E-state index contributed by atoms with van der Waals surface area (Å²) in [5.74, 6) is -0.932. The Hall–Kier alpha value is -1.82. The minimum atomic E-state index is -1.08. The van der Waals surface area contributed by atoms with Crippen LogP contribution in [0.4, 0.5) is 0 Å². The molecule has 1 rings (SSSR count). The van der Waals surface area contributed by atoms with E-state index in [1.165, 1.54) is 6.07 Å². The summed E-state index contributed by atoms with van der Waals surface area (Å²) in [6.45, 7) is 1.07. The van der Waals surface area contributed by atoms with E-state index in [0.717, 1.165) is 0 Å². The smallest absolute Gasteiger partial charge is 0.371 e. The highest BCUT2D eigenvalue weighted by Gasteiger charge is 2.08. The molecule has 0 atom stereocenters. The van der Waals surface area contributed by atoms with Crippen LogP contribution in [0.25, 0.3) is 0 Å². The number of amides is 1. The largest absolute Gasteiger partial charge is 0.475 e. The Morgan fingerprint density at radius 1 is 1.44 bits per heavy atom. The van der Waals surface area contributed by atoms with E-state index in [1.54, 1.807) is 6.07 Å². The molecular formula is C10H14N2O4. The zero-order valence-corrected chi connectivity index (χ0v) is 8.73. The van der Waals surface area contributed by atoms with Crippen LogP contribution in [0, 0.1) is 0 Å². The van der Waals surface area contributed by atoms with Crippen molar-refractivity contribution >= 4 is 11.9 Å². The second kappa shape index (κ2) is 5.92. The lowest BCUT2D eigenvalue weighted by Crippen LogP contribution is -2.17. The van der Waals surface area contributed by atoms with Crippen LogP contribution >= 0.6 is 0 Å². The molecule has 6 heteroatoms. The van der Waals surface area contributed by atoms with Crippen molar-refractivity contribution in [3.8, 4) is 0 Å². The van der Waals surface area contributed by atoms with E-state index in [2.05, 4.69) is 5.32 Å². The highest BCUT2D eigenvalue weighted by molar-refractivity contribution is 5.84. The van der Waals surface area contributed by atoms with Gasteiger partial charge in [0.15, 0.2) is 0 Å². The number of hydrogen-bond acceptors (Lipinski definition) is 4. The molecule has 1 aromatic rings. The van der Waals surface area contributed by atoms with Gasteiger partial charge in [0.1, 0.15) is 5.76 Å². The number of carboxylic acids is 1. The van der Waals surface area contributed by atoms with E-state index in [-0.39, 0.29) is 11.7 Å². The molecule has 88 valence electrons. The summed E-state index contributed by atoms with van der Waals surface area (Å²) in [6, 6.07) is 3.01. The number of aromatic carboxylic acids is 1. The molecule has 1 heterocycles. The van der Waals surface area contributed by atoms with E-state index in [0.29, 0.717) is 31.7 Å². The quantitative estimate of drug-likeness (QED) is 0.581. The number of primary amides is 1. The Labute approximate surface area is 92.4 Å². The van der Waals surface area contributed by atoms with E-state index in [9.17, 15) is 9.59 Å². The molecule has 0 aromatic carbocycles. The van der Waals surface area contributed by atoms with Crippen molar-refractivity contribution in [2.24, 2.45) is 5.73 Å². The number of carbonyl (C=O) groups excluding carboxylic acids is 1. The van der Waals surface area contributed by atoms with Crippen LogP contribution in [0.1, 0.15) is 29.2 Å². The van der Waals surface area contributed by atoms with Crippen molar-refractivity contribution < 1.29 is 19.1 Å². The molecule has 0 bridgehead atoms. The Morgan fingerprint density at radius 2 is 2.19 bits per heavy atom. The molecule has 0 aliphatic heterocycles. The Morgan fingerprint density at radius 3 is 2.75 bits per heavy atom. The third-order valence-corrected chi connectivity index (χ3v) is 1.95. The lowest BCUT2D eigenvalue weighted by atomic mass is 10.3. The van der Waals surface area contributed by atoms with Crippen molar-refractivity contribution in [2.45, 2.75) is 19.4 Å². The third-order valence-electron chi connectivity index (χ3n) is 1.95. The number of furan rings is 1. The normalized spacial score (nSPS) is 10.2. The van der Waals surface area contributed by atoms with Crippen LogP contribution < -0.4 is 11.1 Å². The summed E-state index contributed by atoms with van der Waals surface area (Å²) in [7, 11) is 0. The van der Waals surface area contributed by atoms with Crippen LogP contribution in [-0.4, -0.2) is 23.5 Å². The topological polar surface area (TPSA) is 106 Å². The van der Waals surface area contributed by atoms with Crippen molar-refractivity contribution in [2.75, 3.05) is 6.54 Å². The number of nitrogens with two attached hydrogens (primary N) is 1. The lowest BCUT2D eigenvalue weighted by Gasteiger charge is -2.00. The van der Waals surface area contributed by atoms with E-state index >= 15 is 0 Å². The first kappa shape index (κ1) is 12.3. The second-order valence-corrected chi connectivity index (χ2v) is 3.32. The Bertz CT molecular complexity index is 373. The van der Waals surface area contributed by atoms with Crippen molar-refractivity contribution in [3.05, 3.63) is 23.7 Å². The molecule has 0 fully saturated rings. The fraction of sp³-hybridized carbons (Fsp3) is 0.400. The molecule has 1 aromatic heterocycles. The average molecular weight is 226 g/mol. The summed E-state index contributed by atoms with van der Waals surface area (Å²) < 4.78 is 5.02. The molecule has 0 saturated carbocycles. The van der Waals surface area contributed by atoms with Gasteiger partial charge in [-0.2, -0.15) is 0 Å². The molecule has 0 unspecified atom stereocenters. The molecule has 6 nitrogen and oxygen atoms in total. The van der Waals surface area contributed by atoms with Crippen molar-refractivity contribution in [1.82, 2.24) is 5.32 Å². The van der Waals surface area contributed by atoms with Gasteiger partial charge in [0.05, 0.1) is 6.54 Å². The van der Waals surface area contributed by atoms with Crippen LogP contribution in [0.3, 0.4) is 0 Å². The van der Waals surface area contributed by atoms with Gasteiger partial charge in [-0.15, -0.1) is 0 Å². The van der Waals surface area contributed by atoms with E-state index in [1.807, 2.05) is 0 Å². The highest BCUT2D eigenvalue weighted by Crippen LogP contribution is 2.07. The first-order valence-corrected chi connectivity index (χ1v) is 4.90. The van der Waals surface area contributed by atoms with Crippen molar-refractivity contribution in [1.29, 1.82) is 0 Å². The van der Waals surface area contributed by atoms with Gasteiger partial charge in [0.25, 0.3) is 0 Å². The van der Waals surface area contributed by atoms with Gasteiger partial charge in [0, 0.05) is 6.42 Å². The van der Waals surface area contributed by atoms with E-state index < -0.39 is 5.97 Å². The van der Waals surface area contributed by atoms with E-state index in [4.69, 9.17) is 15.3 Å². The summed E-state index contributed by atoms with van der Waals surface area (Å²) in [4.78, 5) is 20.9. The first-order valence-electron chi connectivity index (χ1n) is 4.90. The first-order chi connectivity index (χ1) is 7.59. The zero-order valence-electron chi connectivity index (χ0n) is 8.73. The fourth-order valence-electron chi connectivity index (χ4n) is 1.19. The molecule has 0 saturated heterocycles. The zero-order chi connectivity index (χ0) is 12.0. The van der Waals surface area contributed by atoms with Gasteiger partial charge in [0.2, 0.25) is 11.7 Å². The maximum Gasteiger partial charge on any atom is 0.371 e. The van der Waals surface area contributed by atoms with Gasteiger partial charge in [-0.25, -0.2) is 4.79 Å². The molecule has 0 spiro atoms.